The fraction of sp³-hybridized carbons (Fsp3) is 0.500. The second-order valence-electron chi connectivity index (χ2n) is 5.25. The zero-order valence-corrected chi connectivity index (χ0v) is 12.5. The number of likely N-dealkylation sites (tertiary alicyclic amines) is 1. The molecule has 0 N–H and O–H groups in total. The second kappa shape index (κ2) is 6.73. The monoisotopic (exact) mass is 305 g/mol. The predicted molar refractivity (Wildman–Crippen MR) is 77.5 cm³/mol. The lowest BCUT2D eigenvalue weighted by molar-refractivity contribution is -0.148. The summed E-state index contributed by atoms with van der Waals surface area (Å²) < 4.78 is 10.6. The zero-order chi connectivity index (χ0) is 16.3. The van der Waals surface area contributed by atoms with Gasteiger partial charge < -0.3 is 9.47 Å². The number of carbonyl (C=O) groups excluding carboxylic acids is 3. The smallest absolute Gasteiger partial charge is 0.302 e. The number of carbonyl (C=O) groups is 3. The number of amides is 2. The molecule has 118 valence electrons. The SMILES string of the molecule is C=C=CC1OC(CC=C)[C@@H]2C(=O)N(CCOC(C)=O)C(=O)[C@H]12. The van der Waals surface area contributed by atoms with Crippen LogP contribution in [0, 0.1) is 11.8 Å². The maximum absolute atomic E-state index is 12.5. The Morgan fingerprint density at radius 3 is 2.68 bits per heavy atom. The summed E-state index contributed by atoms with van der Waals surface area (Å²) in [7, 11) is 0. The van der Waals surface area contributed by atoms with E-state index >= 15 is 0 Å². The molecule has 2 rings (SSSR count). The van der Waals surface area contributed by atoms with Crippen LogP contribution in [0.3, 0.4) is 0 Å². The quantitative estimate of drug-likeness (QED) is 0.315. The molecule has 0 aromatic carbocycles. The molecule has 2 amide bonds. The normalized spacial score (nSPS) is 30.0. The van der Waals surface area contributed by atoms with Crippen molar-refractivity contribution in [2.75, 3.05) is 13.2 Å². The van der Waals surface area contributed by atoms with E-state index < -0.39 is 23.9 Å². The summed E-state index contributed by atoms with van der Waals surface area (Å²) in [4.78, 5) is 37.0. The number of hydrogen-bond donors (Lipinski definition) is 0. The minimum atomic E-state index is -0.566. The van der Waals surface area contributed by atoms with Gasteiger partial charge in [0.2, 0.25) is 11.8 Å². The van der Waals surface area contributed by atoms with Gasteiger partial charge in [0, 0.05) is 6.92 Å². The molecule has 2 aliphatic rings. The Bertz CT molecular complexity index is 549. The van der Waals surface area contributed by atoms with Crippen LogP contribution in [0.25, 0.3) is 0 Å². The minimum Gasteiger partial charge on any atom is -0.464 e. The van der Waals surface area contributed by atoms with Crippen LogP contribution in [0.2, 0.25) is 0 Å². The van der Waals surface area contributed by atoms with Crippen molar-refractivity contribution in [1.82, 2.24) is 4.90 Å². The van der Waals surface area contributed by atoms with Gasteiger partial charge in [-0.15, -0.1) is 12.3 Å². The summed E-state index contributed by atoms with van der Waals surface area (Å²) in [5.74, 6) is -2.12. The molecule has 4 atom stereocenters. The van der Waals surface area contributed by atoms with E-state index in [1.165, 1.54) is 6.92 Å². The fourth-order valence-electron chi connectivity index (χ4n) is 3.01. The highest BCUT2D eigenvalue weighted by molar-refractivity contribution is 6.06. The van der Waals surface area contributed by atoms with Gasteiger partial charge in [0.15, 0.2) is 0 Å². The Morgan fingerprint density at radius 1 is 1.41 bits per heavy atom. The molecule has 0 spiro atoms. The third-order valence-electron chi connectivity index (χ3n) is 3.88. The largest absolute Gasteiger partial charge is 0.464 e. The lowest BCUT2D eigenvalue weighted by Gasteiger charge is -2.19. The van der Waals surface area contributed by atoms with Gasteiger partial charge in [0.05, 0.1) is 30.6 Å². The molecular weight excluding hydrogens is 286 g/mol. The van der Waals surface area contributed by atoms with E-state index in [1.54, 1.807) is 12.2 Å². The van der Waals surface area contributed by atoms with Crippen molar-refractivity contribution in [3.8, 4) is 0 Å². The summed E-state index contributed by atoms with van der Waals surface area (Å²) in [5.41, 5.74) is 2.62. The van der Waals surface area contributed by atoms with Crippen molar-refractivity contribution in [1.29, 1.82) is 0 Å². The standard InChI is InChI=1S/C16H19NO5/c1-4-6-11-13-14(12(22-11)7-5-2)16(20)17(15(13)19)8-9-21-10(3)18/h4,7,11-14H,1-2,6,8-9H2,3H3/t11?,12?,13-,14+/m0/s1. The van der Waals surface area contributed by atoms with Gasteiger partial charge in [-0.2, -0.15) is 0 Å². The number of rotatable bonds is 6. The molecule has 2 unspecified atom stereocenters. The van der Waals surface area contributed by atoms with Crippen molar-refractivity contribution in [3.63, 3.8) is 0 Å². The van der Waals surface area contributed by atoms with Gasteiger partial charge in [0.1, 0.15) is 6.61 Å². The van der Waals surface area contributed by atoms with E-state index in [0.717, 1.165) is 4.90 Å². The first kappa shape index (κ1) is 16.2. The molecule has 22 heavy (non-hydrogen) atoms. The minimum absolute atomic E-state index is 0.00119. The summed E-state index contributed by atoms with van der Waals surface area (Å²) in [6.45, 7) is 8.49. The average molecular weight is 305 g/mol. The van der Waals surface area contributed by atoms with E-state index in [2.05, 4.69) is 18.9 Å². The molecule has 0 aliphatic carbocycles. The van der Waals surface area contributed by atoms with E-state index in [1.807, 2.05) is 0 Å². The molecule has 0 aromatic heterocycles. The van der Waals surface area contributed by atoms with Crippen LogP contribution in [0.1, 0.15) is 13.3 Å². The molecule has 2 saturated heterocycles. The van der Waals surface area contributed by atoms with Crippen molar-refractivity contribution in [2.45, 2.75) is 25.6 Å². The predicted octanol–water partition coefficient (Wildman–Crippen LogP) is 0.835. The zero-order valence-electron chi connectivity index (χ0n) is 12.5. The molecule has 6 nitrogen and oxygen atoms in total. The highest BCUT2D eigenvalue weighted by Gasteiger charge is 2.58. The topological polar surface area (TPSA) is 72.9 Å². The van der Waals surface area contributed by atoms with Crippen LogP contribution < -0.4 is 0 Å². The summed E-state index contributed by atoms with van der Waals surface area (Å²) >= 11 is 0. The number of ether oxygens (including phenoxy) is 2. The third kappa shape index (κ3) is 2.89. The van der Waals surface area contributed by atoms with Crippen molar-refractivity contribution in [2.24, 2.45) is 11.8 Å². The summed E-state index contributed by atoms with van der Waals surface area (Å²) in [6.07, 6.45) is 2.83. The average Bonchev–Trinajstić information content (AvgIpc) is 2.92. The summed E-state index contributed by atoms with van der Waals surface area (Å²) in [5, 5.41) is 0. The Morgan fingerprint density at radius 2 is 2.09 bits per heavy atom. The van der Waals surface area contributed by atoms with Gasteiger partial charge >= 0.3 is 5.97 Å². The van der Waals surface area contributed by atoms with Gasteiger partial charge in [-0.3, -0.25) is 19.3 Å². The number of nitrogens with zero attached hydrogens (tertiary/aromatic N) is 1. The van der Waals surface area contributed by atoms with E-state index in [0.29, 0.717) is 6.42 Å². The first-order valence-electron chi connectivity index (χ1n) is 7.12. The molecule has 0 bridgehead atoms. The molecule has 2 aliphatic heterocycles. The van der Waals surface area contributed by atoms with Gasteiger partial charge in [0.25, 0.3) is 0 Å². The number of fused-ring (bicyclic) bond motifs is 1. The maximum atomic E-state index is 12.5. The van der Waals surface area contributed by atoms with E-state index in [9.17, 15) is 14.4 Å². The van der Waals surface area contributed by atoms with Crippen LogP contribution >= 0.6 is 0 Å². The highest BCUT2D eigenvalue weighted by Crippen LogP contribution is 2.42. The maximum Gasteiger partial charge on any atom is 0.302 e. The van der Waals surface area contributed by atoms with Gasteiger partial charge in [-0.1, -0.05) is 12.7 Å². The van der Waals surface area contributed by atoms with E-state index in [-0.39, 0.29) is 31.1 Å². The van der Waals surface area contributed by atoms with Crippen molar-refractivity contribution in [3.05, 3.63) is 31.0 Å². The number of imide groups is 1. The number of hydrogen-bond acceptors (Lipinski definition) is 5. The van der Waals surface area contributed by atoms with Crippen LogP contribution in [-0.2, 0) is 23.9 Å². The Kier molecular flexibility index (Phi) is 4.96. The van der Waals surface area contributed by atoms with Crippen LogP contribution in [0.15, 0.2) is 31.0 Å². The van der Waals surface area contributed by atoms with Gasteiger partial charge in [-0.25, -0.2) is 0 Å². The second-order valence-corrected chi connectivity index (χ2v) is 5.25. The molecule has 2 heterocycles. The molecular formula is C16H19NO5. The number of esters is 1. The van der Waals surface area contributed by atoms with Crippen LogP contribution in [0.4, 0.5) is 0 Å². The molecule has 0 saturated carbocycles. The molecule has 0 radical (unpaired) electrons. The lowest BCUT2D eigenvalue weighted by Crippen LogP contribution is -2.38. The summed E-state index contributed by atoms with van der Waals surface area (Å²) in [6, 6.07) is 0. The molecule has 6 heteroatoms. The third-order valence-corrected chi connectivity index (χ3v) is 3.88. The van der Waals surface area contributed by atoms with E-state index in [4.69, 9.17) is 9.47 Å². The van der Waals surface area contributed by atoms with Crippen molar-refractivity contribution >= 4 is 17.8 Å². The van der Waals surface area contributed by atoms with Gasteiger partial charge in [-0.05, 0) is 12.5 Å². The first-order chi connectivity index (χ1) is 10.5. The fourth-order valence-corrected chi connectivity index (χ4v) is 3.01. The Labute approximate surface area is 129 Å². The Balaban J connectivity index is 2.17. The van der Waals surface area contributed by atoms with Crippen LogP contribution in [-0.4, -0.2) is 48.0 Å². The molecule has 0 aromatic rings. The highest BCUT2D eigenvalue weighted by atomic mass is 16.5. The van der Waals surface area contributed by atoms with Crippen LogP contribution in [0.5, 0.6) is 0 Å². The lowest BCUT2D eigenvalue weighted by atomic mass is 9.88. The first-order valence-corrected chi connectivity index (χ1v) is 7.12. The van der Waals surface area contributed by atoms with Crippen molar-refractivity contribution < 1.29 is 23.9 Å². The Hall–Kier alpha value is -2.17. The molecule has 2 fully saturated rings.